The zero-order valence-corrected chi connectivity index (χ0v) is 10.5. The lowest BCUT2D eigenvalue weighted by molar-refractivity contribution is 0.0945. The fraction of sp³-hybridized carbons (Fsp3) is 0.0714. The third-order valence-corrected chi connectivity index (χ3v) is 3.20. The Kier molecular flexibility index (Phi) is 2.92. The lowest BCUT2D eigenvalue weighted by Crippen LogP contribution is -2.31. The SMILES string of the molecule is NNC(=O)c1cccc(N2Cc3ccccc3C2=O)n1. The van der Waals surface area contributed by atoms with Crippen LogP contribution in [0.5, 0.6) is 0 Å². The standard InChI is InChI=1S/C14H12N4O2/c15-17-13(19)11-6-3-7-12(16-11)18-8-9-4-1-2-5-10(9)14(18)20/h1-7H,8,15H2,(H,17,19). The highest BCUT2D eigenvalue weighted by Crippen LogP contribution is 2.26. The number of amides is 2. The van der Waals surface area contributed by atoms with Gasteiger partial charge in [0.2, 0.25) is 0 Å². The molecular weight excluding hydrogens is 256 g/mol. The Bertz CT molecular complexity index is 699. The number of carbonyl (C=O) groups is 2. The average Bonchev–Trinajstić information content (AvgIpc) is 2.84. The van der Waals surface area contributed by atoms with Crippen molar-refractivity contribution < 1.29 is 9.59 Å². The molecule has 0 saturated carbocycles. The molecular formula is C14H12N4O2. The lowest BCUT2D eigenvalue weighted by Gasteiger charge is -2.15. The first-order valence-electron chi connectivity index (χ1n) is 6.08. The Morgan fingerprint density at radius 2 is 2.00 bits per heavy atom. The van der Waals surface area contributed by atoms with E-state index in [1.54, 1.807) is 24.3 Å². The van der Waals surface area contributed by atoms with Crippen LogP contribution in [0.3, 0.4) is 0 Å². The van der Waals surface area contributed by atoms with Gasteiger partial charge in [0.05, 0.1) is 6.54 Å². The second-order valence-electron chi connectivity index (χ2n) is 4.40. The number of rotatable bonds is 2. The van der Waals surface area contributed by atoms with E-state index in [9.17, 15) is 9.59 Å². The predicted molar refractivity (Wildman–Crippen MR) is 72.8 cm³/mol. The van der Waals surface area contributed by atoms with E-state index in [4.69, 9.17) is 5.84 Å². The van der Waals surface area contributed by atoms with Crippen LogP contribution in [0.4, 0.5) is 5.82 Å². The maximum atomic E-state index is 12.3. The van der Waals surface area contributed by atoms with Crippen LogP contribution in [0.2, 0.25) is 0 Å². The minimum Gasteiger partial charge on any atom is -0.289 e. The van der Waals surface area contributed by atoms with Gasteiger partial charge in [-0.3, -0.25) is 19.9 Å². The van der Waals surface area contributed by atoms with Crippen LogP contribution in [-0.2, 0) is 6.54 Å². The molecule has 0 aliphatic carbocycles. The Morgan fingerprint density at radius 3 is 2.75 bits per heavy atom. The summed E-state index contributed by atoms with van der Waals surface area (Å²) in [5.41, 5.74) is 3.82. The molecule has 2 aromatic rings. The quantitative estimate of drug-likeness (QED) is 0.480. The van der Waals surface area contributed by atoms with E-state index in [2.05, 4.69) is 4.98 Å². The summed E-state index contributed by atoms with van der Waals surface area (Å²) < 4.78 is 0. The van der Waals surface area contributed by atoms with Crippen LogP contribution in [-0.4, -0.2) is 16.8 Å². The van der Waals surface area contributed by atoms with Gasteiger partial charge >= 0.3 is 0 Å². The zero-order chi connectivity index (χ0) is 14.1. The molecule has 2 amide bonds. The number of nitrogens with two attached hydrogens (primary N) is 1. The summed E-state index contributed by atoms with van der Waals surface area (Å²) >= 11 is 0. The molecule has 1 aromatic heterocycles. The van der Waals surface area contributed by atoms with Crippen molar-refractivity contribution in [3.8, 4) is 0 Å². The summed E-state index contributed by atoms with van der Waals surface area (Å²) in [6, 6.07) is 12.3. The lowest BCUT2D eigenvalue weighted by atomic mass is 10.1. The molecule has 0 spiro atoms. The topological polar surface area (TPSA) is 88.3 Å². The molecule has 1 aromatic carbocycles. The van der Waals surface area contributed by atoms with E-state index >= 15 is 0 Å². The largest absolute Gasteiger partial charge is 0.289 e. The molecule has 3 rings (SSSR count). The van der Waals surface area contributed by atoms with Gasteiger partial charge in [-0.05, 0) is 23.8 Å². The first-order chi connectivity index (χ1) is 9.70. The van der Waals surface area contributed by atoms with Crippen LogP contribution in [0, 0.1) is 0 Å². The van der Waals surface area contributed by atoms with Crippen molar-refractivity contribution in [3.63, 3.8) is 0 Å². The summed E-state index contributed by atoms with van der Waals surface area (Å²) in [5, 5.41) is 0. The normalized spacial score (nSPS) is 13.2. The number of hydrazine groups is 1. The summed E-state index contributed by atoms with van der Waals surface area (Å²) in [7, 11) is 0. The molecule has 0 bridgehead atoms. The molecule has 1 aliphatic heterocycles. The fourth-order valence-corrected chi connectivity index (χ4v) is 2.21. The van der Waals surface area contributed by atoms with Gasteiger partial charge in [0.25, 0.3) is 11.8 Å². The molecule has 100 valence electrons. The molecule has 0 atom stereocenters. The second-order valence-corrected chi connectivity index (χ2v) is 4.40. The molecule has 3 N–H and O–H groups in total. The Morgan fingerprint density at radius 1 is 1.20 bits per heavy atom. The van der Waals surface area contributed by atoms with Gasteiger partial charge in [0, 0.05) is 5.56 Å². The van der Waals surface area contributed by atoms with Crippen molar-refractivity contribution in [2.45, 2.75) is 6.54 Å². The molecule has 0 saturated heterocycles. The number of nitrogens with one attached hydrogen (secondary N) is 1. The number of hydrogen-bond donors (Lipinski definition) is 2. The van der Waals surface area contributed by atoms with Gasteiger partial charge in [-0.1, -0.05) is 24.3 Å². The number of hydrogen-bond acceptors (Lipinski definition) is 4. The van der Waals surface area contributed by atoms with Crippen LogP contribution in [0.25, 0.3) is 0 Å². The first-order valence-corrected chi connectivity index (χ1v) is 6.08. The van der Waals surface area contributed by atoms with Crippen molar-refractivity contribution in [1.82, 2.24) is 10.4 Å². The maximum absolute atomic E-state index is 12.3. The number of nitrogen functional groups attached to an aromatic ring is 1. The van der Waals surface area contributed by atoms with Crippen LogP contribution in [0.15, 0.2) is 42.5 Å². The van der Waals surface area contributed by atoms with Crippen LogP contribution < -0.4 is 16.2 Å². The summed E-state index contributed by atoms with van der Waals surface area (Å²) in [5.74, 6) is 4.92. The van der Waals surface area contributed by atoms with Crippen LogP contribution >= 0.6 is 0 Å². The molecule has 0 unspecified atom stereocenters. The molecule has 6 nitrogen and oxygen atoms in total. The van der Waals surface area contributed by atoms with Gasteiger partial charge in [-0.15, -0.1) is 0 Å². The Hall–Kier alpha value is -2.73. The zero-order valence-electron chi connectivity index (χ0n) is 10.5. The fourth-order valence-electron chi connectivity index (χ4n) is 2.21. The van der Waals surface area contributed by atoms with E-state index in [1.807, 2.05) is 23.6 Å². The van der Waals surface area contributed by atoms with Gasteiger partial charge in [0.1, 0.15) is 11.5 Å². The number of carbonyl (C=O) groups excluding carboxylic acids is 2. The number of pyridine rings is 1. The van der Waals surface area contributed by atoms with Gasteiger partial charge in [-0.25, -0.2) is 10.8 Å². The van der Waals surface area contributed by atoms with E-state index in [0.717, 1.165) is 5.56 Å². The minimum absolute atomic E-state index is 0.113. The molecule has 1 aliphatic rings. The third-order valence-electron chi connectivity index (χ3n) is 3.20. The predicted octanol–water partition coefficient (Wildman–Crippen LogP) is 0.845. The molecule has 0 fully saturated rings. The van der Waals surface area contributed by atoms with Crippen LogP contribution in [0.1, 0.15) is 26.4 Å². The van der Waals surface area contributed by atoms with Gasteiger partial charge in [0.15, 0.2) is 0 Å². The van der Waals surface area contributed by atoms with Gasteiger partial charge in [-0.2, -0.15) is 0 Å². The first kappa shape index (κ1) is 12.3. The highest BCUT2D eigenvalue weighted by molar-refractivity contribution is 6.09. The third kappa shape index (κ3) is 1.92. The summed E-state index contributed by atoms with van der Waals surface area (Å²) in [6.07, 6.45) is 0. The highest BCUT2D eigenvalue weighted by atomic mass is 16.2. The highest BCUT2D eigenvalue weighted by Gasteiger charge is 2.29. The monoisotopic (exact) mass is 268 g/mol. The van der Waals surface area contributed by atoms with Crippen molar-refractivity contribution in [2.24, 2.45) is 5.84 Å². The number of aromatic nitrogens is 1. The molecule has 20 heavy (non-hydrogen) atoms. The number of anilines is 1. The van der Waals surface area contributed by atoms with Crippen molar-refractivity contribution in [2.75, 3.05) is 4.90 Å². The molecule has 6 heteroatoms. The van der Waals surface area contributed by atoms with E-state index < -0.39 is 5.91 Å². The number of fused-ring (bicyclic) bond motifs is 1. The van der Waals surface area contributed by atoms with Crippen molar-refractivity contribution in [3.05, 3.63) is 59.3 Å². The van der Waals surface area contributed by atoms with Gasteiger partial charge < -0.3 is 0 Å². The summed E-state index contributed by atoms with van der Waals surface area (Å²) in [4.78, 5) is 29.5. The molecule has 2 heterocycles. The maximum Gasteiger partial charge on any atom is 0.283 e. The average molecular weight is 268 g/mol. The Balaban J connectivity index is 1.96. The van der Waals surface area contributed by atoms with E-state index in [0.29, 0.717) is 17.9 Å². The second kappa shape index (κ2) is 4.75. The smallest absolute Gasteiger partial charge is 0.283 e. The van der Waals surface area contributed by atoms with E-state index in [1.165, 1.54) is 4.90 Å². The van der Waals surface area contributed by atoms with E-state index in [-0.39, 0.29) is 11.6 Å². The number of benzene rings is 1. The summed E-state index contributed by atoms with van der Waals surface area (Å²) in [6.45, 7) is 0.454. The van der Waals surface area contributed by atoms with Crippen molar-refractivity contribution in [1.29, 1.82) is 0 Å². The molecule has 0 radical (unpaired) electrons. The number of nitrogens with zero attached hydrogens (tertiary/aromatic N) is 2. The minimum atomic E-state index is -0.490. The Labute approximate surface area is 115 Å². The van der Waals surface area contributed by atoms with Crippen molar-refractivity contribution >= 4 is 17.6 Å².